The van der Waals surface area contributed by atoms with Gasteiger partial charge in [-0.05, 0) is 5.56 Å². The van der Waals surface area contributed by atoms with Crippen molar-refractivity contribution < 1.29 is 10.4 Å². The second kappa shape index (κ2) is 5.54. The number of nitriles is 1. The highest BCUT2D eigenvalue weighted by atomic mass is 16.8. The van der Waals surface area contributed by atoms with Crippen LogP contribution < -0.4 is 16.7 Å². The minimum atomic E-state index is -0.991. The van der Waals surface area contributed by atoms with Crippen LogP contribution in [0.5, 0.6) is 0 Å². The summed E-state index contributed by atoms with van der Waals surface area (Å²) in [5, 5.41) is 28.5. The van der Waals surface area contributed by atoms with Gasteiger partial charge in [0.15, 0.2) is 5.69 Å². The van der Waals surface area contributed by atoms with Crippen molar-refractivity contribution in [3.63, 3.8) is 0 Å². The van der Waals surface area contributed by atoms with Crippen LogP contribution in [-0.4, -0.2) is 19.7 Å². The molecule has 0 aliphatic heterocycles. The van der Waals surface area contributed by atoms with Gasteiger partial charge in [-0.3, -0.25) is 0 Å². The summed E-state index contributed by atoms with van der Waals surface area (Å²) in [7, 11) is 0. The molecule has 0 aliphatic carbocycles. The Labute approximate surface area is 130 Å². The first kappa shape index (κ1) is 14.7. The van der Waals surface area contributed by atoms with Crippen molar-refractivity contribution in [1.29, 1.82) is 5.26 Å². The molecule has 6 N–H and O–H groups in total. The molecule has 116 valence electrons. The van der Waals surface area contributed by atoms with Gasteiger partial charge in [-0.1, -0.05) is 12.1 Å². The fourth-order valence-electron chi connectivity index (χ4n) is 2.42. The van der Waals surface area contributed by atoms with E-state index in [2.05, 4.69) is 9.97 Å². The number of anilines is 2. The SMILES string of the molecule is N#Cc1c(N)n(Cc2ccc([NH+]([O-])O)cc2)c2ncnc(N)c12. The van der Waals surface area contributed by atoms with Crippen molar-refractivity contribution in [3.05, 3.63) is 46.9 Å². The van der Waals surface area contributed by atoms with E-state index in [0.717, 1.165) is 5.56 Å². The molecule has 1 atom stereocenters. The molecule has 2 heterocycles. The molecule has 0 radical (unpaired) electrons. The van der Waals surface area contributed by atoms with E-state index in [9.17, 15) is 10.5 Å². The van der Waals surface area contributed by atoms with Gasteiger partial charge in [-0.15, -0.1) is 0 Å². The van der Waals surface area contributed by atoms with Crippen molar-refractivity contribution >= 4 is 28.4 Å². The van der Waals surface area contributed by atoms with Gasteiger partial charge in [0.05, 0.1) is 11.9 Å². The highest BCUT2D eigenvalue weighted by molar-refractivity contribution is 5.96. The number of hydrogen-bond donors (Lipinski definition) is 4. The molecule has 0 saturated carbocycles. The molecular weight excluding hydrogens is 298 g/mol. The maximum Gasteiger partial charge on any atom is 0.163 e. The maximum atomic E-state index is 10.9. The van der Waals surface area contributed by atoms with Crippen LogP contribution in [-0.2, 0) is 6.54 Å². The predicted octanol–water partition coefficient (Wildman–Crippen LogP) is -0.0809. The fraction of sp³-hybridized carbons (Fsp3) is 0.0714. The fourth-order valence-corrected chi connectivity index (χ4v) is 2.42. The summed E-state index contributed by atoms with van der Waals surface area (Å²) < 4.78 is 1.65. The molecule has 0 saturated heterocycles. The van der Waals surface area contributed by atoms with Crippen LogP contribution in [0.1, 0.15) is 11.1 Å². The third kappa shape index (κ3) is 2.43. The lowest BCUT2D eigenvalue weighted by atomic mass is 10.2. The van der Waals surface area contributed by atoms with E-state index in [1.165, 1.54) is 18.5 Å². The van der Waals surface area contributed by atoms with Crippen molar-refractivity contribution in [2.24, 2.45) is 0 Å². The summed E-state index contributed by atoms with van der Waals surface area (Å²) in [5.74, 6) is 0.440. The molecule has 0 bridgehead atoms. The number of nitrogen functional groups attached to an aromatic ring is 2. The number of nitrogens with one attached hydrogen (secondary N) is 1. The lowest BCUT2D eigenvalue weighted by molar-refractivity contribution is -0.991. The van der Waals surface area contributed by atoms with Gasteiger partial charge in [-0.2, -0.15) is 10.5 Å². The van der Waals surface area contributed by atoms with Crippen LogP contribution >= 0.6 is 0 Å². The van der Waals surface area contributed by atoms with Crippen molar-refractivity contribution in [2.45, 2.75) is 6.54 Å². The van der Waals surface area contributed by atoms with Crippen LogP contribution in [0.3, 0.4) is 0 Å². The molecule has 0 amide bonds. The average molecular weight is 311 g/mol. The Kier molecular flexibility index (Phi) is 3.55. The van der Waals surface area contributed by atoms with Crippen LogP contribution in [0, 0.1) is 16.5 Å². The molecule has 3 aromatic rings. The van der Waals surface area contributed by atoms with E-state index in [0.29, 0.717) is 17.6 Å². The second-order valence-electron chi connectivity index (χ2n) is 4.92. The molecule has 23 heavy (non-hydrogen) atoms. The van der Waals surface area contributed by atoms with E-state index in [4.69, 9.17) is 16.7 Å². The van der Waals surface area contributed by atoms with Gasteiger partial charge in [0, 0.05) is 12.1 Å². The Hall–Kier alpha value is -3.19. The number of nitrogens with two attached hydrogens (primary N) is 2. The molecule has 9 nitrogen and oxygen atoms in total. The van der Waals surface area contributed by atoms with Crippen molar-refractivity contribution in [2.75, 3.05) is 11.5 Å². The number of aromatic nitrogens is 3. The third-order valence-electron chi connectivity index (χ3n) is 3.56. The lowest BCUT2D eigenvalue weighted by Gasteiger charge is -2.12. The average Bonchev–Trinajstić information content (AvgIpc) is 2.81. The van der Waals surface area contributed by atoms with Gasteiger partial charge in [0.1, 0.15) is 35.2 Å². The van der Waals surface area contributed by atoms with Crippen LogP contribution in [0.2, 0.25) is 0 Å². The van der Waals surface area contributed by atoms with E-state index in [1.54, 1.807) is 16.7 Å². The quantitative estimate of drug-likeness (QED) is 0.493. The van der Waals surface area contributed by atoms with Gasteiger partial charge in [0.2, 0.25) is 0 Å². The van der Waals surface area contributed by atoms with Crippen molar-refractivity contribution in [3.8, 4) is 6.07 Å². The maximum absolute atomic E-state index is 10.9. The first-order chi connectivity index (χ1) is 11.0. The summed E-state index contributed by atoms with van der Waals surface area (Å²) in [6.07, 6.45) is 1.31. The zero-order valence-corrected chi connectivity index (χ0v) is 11.9. The largest absolute Gasteiger partial charge is 0.595 e. The Morgan fingerprint density at radius 2 is 1.96 bits per heavy atom. The predicted molar refractivity (Wildman–Crippen MR) is 82.4 cm³/mol. The lowest BCUT2D eigenvalue weighted by Crippen LogP contribution is -2.99. The highest BCUT2D eigenvalue weighted by Crippen LogP contribution is 2.30. The zero-order valence-electron chi connectivity index (χ0n) is 11.9. The number of fused-ring (bicyclic) bond motifs is 1. The number of quaternary nitrogens is 1. The minimum absolute atomic E-state index is 0.193. The Balaban J connectivity index is 2.09. The van der Waals surface area contributed by atoms with Gasteiger partial charge < -0.3 is 21.2 Å². The standard InChI is InChI=1S/C14H13N7O2/c15-5-10-11-12(16)18-7-19-14(11)20(13(10)17)6-8-1-3-9(4-2-8)21(22)23/h1-4,7,21-22H,6,17H2,(H2,16,18,19). The number of nitrogens with zero attached hydrogens (tertiary/aromatic N) is 4. The summed E-state index contributed by atoms with van der Waals surface area (Å²) in [6.45, 7) is 0.334. The molecule has 1 unspecified atom stereocenters. The molecule has 0 fully saturated rings. The Morgan fingerprint density at radius 1 is 1.26 bits per heavy atom. The minimum Gasteiger partial charge on any atom is -0.595 e. The number of hydrogen-bond acceptors (Lipinski definition) is 7. The van der Waals surface area contributed by atoms with Crippen LogP contribution in [0.4, 0.5) is 17.3 Å². The Bertz CT molecular complexity index is 910. The number of benzene rings is 1. The summed E-state index contributed by atoms with van der Waals surface area (Å²) in [6, 6.07) is 8.41. The highest BCUT2D eigenvalue weighted by Gasteiger charge is 2.19. The Morgan fingerprint density at radius 3 is 2.57 bits per heavy atom. The first-order valence-corrected chi connectivity index (χ1v) is 6.63. The molecular formula is C14H13N7O2. The van der Waals surface area contributed by atoms with Gasteiger partial charge >= 0.3 is 0 Å². The van der Waals surface area contributed by atoms with E-state index < -0.39 is 5.23 Å². The van der Waals surface area contributed by atoms with E-state index >= 15 is 0 Å². The molecule has 3 rings (SSSR count). The van der Waals surface area contributed by atoms with E-state index in [-0.39, 0.29) is 22.9 Å². The molecule has 9 heteroatoms. The topological polar surface area (TPSA) is 154 Å². The smallest absolute Gasteiger partial charge is 0.163 e. The second-order valence-corrected chi connectivity index (χ2v) is 4.92. The first-order valence-electron chi connectivity index (χ1n) is 6.63. The molecule has 2 aromatic heterocycles. The van der Waals surface area contributed by atoms with Crippen LogP contribution in [0.15, 0.2) is 30.6 Å². The zero-order chi connectivity index (χ0) is 16.6. The normalized spacial score (nSPS) is 12.2. The molecule has 0 spiro atoms. The van der Waals surface area contributed by atoms with Gasteiger partial charge in [-0.25, -0.2) is 15.2 Å². The van der Waals surface area contributed by atoms with Gasteiger partial charge in [0.25, 0.3) is 0 Å². The molecule has 0 aliphatic rings. The third-order valence-corrected chi connectivity index (χ3v) is 3.56. The van der Waals surface area contributed by atoms with Crippen molar-refractivity contribution in [1.82, 2.24) is 14.5 Å². The number of rotatable bonds is 3. The molecule has 1 aromatic carbocycles. The van der Waals surface area contributed by atoms with E-state index in [1.807, 2.05) is 6.07 Å². The monoisotopic (exact) mass is 311 g/mol. The summed E-state index contributed by atoms with van der Waals surface area (Å²) in [4.78, 5) is 8.05. The van der Waals surface area contributed by atoms with Crippen LogP contribution in [0.25, 0.3) is 11.0 Å². The summed E-state index contributed by atoms with van der Waals surface area (Å²) >= 11 is 0. The summed E-state index contributed by atoms with van der Waals surface area (Å²) in [5.41, 5.74) is 13.6.